The summed E-state index contributed by atoms with van der Waals surface area (Å²) in [7, 11) is 2.09. The van der Waals surface area contributed by atoms with Crippen LogP contribution in [0.5, 0.6) is 0 Å². The lowest BCUT2D eigenvalue weighted by atomic mass is 9.55. The van der Waals surface area contributed by atoms with Crippen LogP contribution >= 0.6 is 0 Å². The summed E-state index contributed by atoms with van der Waals surface area (Å²) in [5, 5.41) is 37.9. The number of hydrogen-bond acceptors (Lipinski definition) is 4. The molecule has 1 fully saturated rings. The highest BCUT2D eigenvalue weighted by Gasteiger charge is 2.57. The van der Waals surface area contributed by atoms with Crippen molar-refractivity contribution in [3.05, 3.63) is 47.5 Å². The minimum Gasteiger partial charge on any atom is -0.334 e. The molecular weight excluding hydrogens is 322 g/mol. The first-order valence-corrected chi connectivity index (χ1v) is 8.93. The van der Waals surface area contributed by atoms with Crippen molar-refractivity contribution in [1.29, 1.82) is 21.2 Å². The first-order chi connectivity index (χ1) is 12.6. The lowest BCUT2D eigenvalue weighted by molar-refractivity contribution is -0.879. The summed E-state index contributed by atoms with van der Waals surface area (Å²) in [4.78, 5) is 1.30. The van der Waals surface area contributed by atoms with Crippen LogP contribution < -0.4 is 4.90 Å². The summed E-state index contributed by atoms with van der Waals surface area (Å²) < 4.78 is 0. The maximum atomic E-state index is 9.90. The molecule has 0 radical (unpaired) electrons. The molecule has 2 N–H and O–H groups in total. The van der Waals surface area contributed by atoms with Gasteiger partial charge in [0.2, 0.25) is 0 Å². The van der Waals surface area contributed by atoms with Gasteiger partial charge in [-0.15, -0.1) is 0 Å². The number of fused-ring (bicyclic) bond motifs is 1. The van der Waals surface area contributed by atoms with Gasteiger partial charge in [-0.25, -0.2) is 0 Å². The van der Waals surface area contributed by atoms with E-state index in [-0.39, 0.29) is 17.5 Å². The molecule has 4 atom stereocenters. The van der Waals surface area contributed by atoms with E-state index in [0.717, 1.165) is 30.6 Å². The van der Waals surface area contributed by atoms with Crippen molar-refractivity contribution < 1.29 is 4.90 Å². The topological polar surface area (TPSA) is 99.7 Å². The quantitative estimate of drug-likeness (QED) is 0.813. The zero-order valence-electron chi connectivity index (χ0n) is 14.9. The molecule has 26 heavy (non-hydrogen) atoms. The second-order valence-corrected chi connectivity index (χ2v) is 7.31. The Morgan fingerprint density at radius 3 is 2.50 bits per heavy atom. The number of benzene rings is 1. The zero-order valence-corrected chi connectivity index (χ0v) is 14.9. The van der Waals surface area contributed by atoms with E-state index in [1.54, 1.807) is 0 Å². The fourth-order valence-corrected chi connectivity index (χ4v) is 4.46. The molecule has 0 saturated heterocycles. The summed E-state index contributed by atoms with van der Waals surface area (Å²) in [6.45, 7) is 1.61. The van der Waals surface area contributed by atoms with Gasteiger partial charge in [-0.1, -0.05) is 30.3 Å². The molecule has 5 nitrogen and oxygen atoms in total. The van der Waals surface area contributed by atoms with Crippen molar-refractivity contribution in [3.63, 3.8) is 0 Å². The van der Waals surface area contributed by atoms with Gasteiger partial charge < -0.3 is 10.3 Å². The van der Waals surface area contributed by atoms with Gasteiger partial charge in [-0.2, -0.15) is 15.8 Å². The minimum absolute atomic E-state index is 0.00878. The van der Waals surface area contributed by atoms with Crippen molar-refractivity contribution in [2.24, 2.45) is 23.2 Å². The van der Waals surface area contributed by atoms with Crippen LogP contribution in [-0.4, -0.2) is 25.8 Å². The SMILES string of the molecule is C[NH+]1CC=C2C(C#N)C(=N)C(C#N)(C#N)[C@@H](CCc3ccccc3)[C@@H]2C1. The Hall–Kier alpha value is -2.94. The number of rotatable bonds is 3. The molecule has 2 unspecified atom stereocenters. The second kappa shape index (κ2) is 7.12. The van der Waals surface area contributed by atoms with Gasteiger partial charge in [0, 0.05) is 11.8 Å². The van der Waals surface area contributed by atoms with Crippen molar-refractivity contribution in [3.8, 4) is 18.2 Å². The third kappa shape index (κ3) is 2.80. The van der Waals surface area contributed by atoms with E-state index in [1.807, 2.05) is 30.3 Å². The molecule has 1 heterocycles. The Morgan fingerprint density at radius 2 is 1.88 bits per heavy atom. The second-order valence-electron chi connectivity index (χ2n) is 7.31. The molecule has 0 spiro atoms. The summed E-state index contributed by atoms with van der Waals surface area (Å²) in [5.74, 6) is -1.03. The van der Waals surface area contributed by atoms with E-state index in [9.17, 15) is 15.8 Å². The standard InChI is InChI=1S/C21H21N5/c1-26-10-9-16-17(11-22)20(25)21(13-23,14-24)19(18(16)12-26)8-7-15-5-3-2-4-6-15/h2-6,9,17-19,25H,7-8,10,12H2,1H3/p+1/t17?,18-,19+/m1/s1. The Bertz CT molecular complexity index is 835. The first kappa shape index (κ1) is 17.9. The molecule has 0 amide bonds. The van der Waals surface area contributed by atoms with Crippen LogP contribution in [0.25, 0.3) is 0 Å². The van der Waals surface area contributed by atoms with Gasteiger partial charge in [0.25, 0.3) is 0 Å². The van der Waals surface area contributed by atoms with Crippen LogP contribution in [0, 0.1) is 62.6 Å². The molecule has 130 valence electrons. The zero-order chi connectivity index (χ0) is 18.7. The molecule has 1 aliphatic carbocycles. The smallest absolute Gasteiger partial charge is 0.186 e. The van der Waals surface area contributed by atoms with Crippen LogP contribution in [0.1, 0.15) is 12.0 Å². The predicted molar refractivity (Wildman–Crippen MR) is 96.9 cm³/mol. The van der Waals surface area contributed by atoms with Gasteiger partial charge in [0.05, 0.1) is 44.1 Å². The van der Waals surface area contributed by atoms with Crippen molar-refractivity contribution >= 4 is 5.71 Å². The Morgan fingerprint density at radius 1 is 1.19 bits per heavy atom. The highest BCUT2D eigenvalue weighted by molar-refractivity contribution is 5.99. The van der Waals surface area contributed by atoms with E-state index >= 15 is 0 Å². The Labute approximate surface area is 154 Å². The number of nitrogens with zero attached hydrogens (tertiary/aromatic N) is 3. The van der Waals surface area contributed by atoms with Gasteiger partial charge in [-0.3, -0.25) is 0 Å². The molecular formula is C21H22N5+. The van der Waals surface area contributed by atoms with Crippen LogP contribution in [0.3, 0.4) is 0 Å². The molecule has 0 aromatic heterocycles. The van der Waals surface area contributed by atoms with Crippen molar-refractivity contribution in [2.75, 3.05) is 20.1 Å². The maximum absolute atomic E-state index is 9.90. The van der Waals surface area contributed by atoms with E-state index in [1.165, 1.54) is 4.90 Å². The van der Waals surface area contributed by atoms with Crippen molar-refractivity contribution in [1.82, 2.24) is 0 Å². The number of aryl methyl sites for hydroxylation is 1. The van der Waals surface area contributed by atoms with Gasteiger partial charge in [0.1, 0.15) is 5.92 Å². The van der Waals surface area contributed by atoms with Gasteiger partial charge >= 0.3 is 0 Å². The monoisotopic (exact) mass is 344 g/mol. The van der Waals surface area contributed by atoms with Crippen LogP contribution in [-0.2, 0) is 6.42 Å². The average molecular weight is 344 g/mol. The molecule has 1 aromatic carbocycles. The lowest BCUT2D eigenvalue weighted by Crippen LogP contribution is -3.10. The third-order valence-corrected chi connectivity index (χ3v) is 5.84. The number of likely N-dealkylation sites (N-methyl/N-ethyl adjacent to an activating group) is 1. The summed E-state index contributed by atoms with van der Waals surface area (Å²) in [6, 6.07) is 16.5. The molecule has 1 saturated carbocycles. The van der Waals surface area contributed by atoms with Crippen LogP contribution in [0.4, 0.5) is 0 Å². The van der Waals surface area contributed by atoms with Gasteiger partial charge in [0.15, 0.2) is 5.41 Å². The van der Waals surface area contributed by atoms with Crippen LogP contribution in [0.15, 0.2) is 42.0 Å². The predicted octanol–water partition coefficient (Wildman–Crippen LogP) is 1.51. The summed E-state index contributed by atoms with van der Waals surface area (Å²) in [6.07, 6.45) is 3.46. The fraction of sp³-hybridized carbons (Fsp3) is 0.429. The van der Waals surface area contributed by atoms with E-state index in [4.69, 9.17) is 5.41 Å². The minimum atomic E-state index is -1.52. The Kier molecular flexibility index (Phi) is 4.90. The molecule has 0 bridgehead atoms. The van der Waals surface area contributed by atoms with Crippen molar-refractivity contribution in [2.45, 2.75) is 12.8 Å². The molecule has 3 rings (SSSR count). The summed E-state index contributed by atoms with van der Waals surface area (Å²) >= 11 is 0. The number of nitrogens with one attached hydrogen (secondary N) is 2. The van der Waals surface area contributed by atoms with E-state index in [0.29, 0.717) is 6.42 Å². The number of nitriles is 3. The Balaban J connectivity index is 2.02. The molecule has 1 aromatic rings. The number of hydrogen-bond donors (Lipinski definition) is 2. The lowest BCUT2D eigenvalue weighted by Gasteiger charge is -2.45. The molecule has 2 aliphatic rings. The first-order valence-electron chi connectivity index (χ1n) is 8.93. The number of quaternary nitrogens is 1. The maximum Gasteiger partial charge on any atom is 0.186 e. The highest BCUT2D eigenvalue weighted by Crippen LogP contribution is 2.48. The largest absolute Gasteiger partial charge is 0.334 e. The van der Waals surface area contributed by atoms with E-state index < -0.39 is 11.3 Å². The average Bonchev–Trinajstić information content (AvgIpc) is 2.67. The highest BCUT2D eigenvalue weighted by atomic mass is 15.1. The van der Waals surface area contributed by atoms with E-state index in [2.05, 4.69) is 31.3 Å². The van der Waals surface area contributed by atoms with Gasteiger partial charge in [-0.05, 0) is 30.1 Å². The normalized spacial score (nSPS) is 29.5. The van der Waals surface area contributed by atoms with Crippen LogP contribution in [0.2, 0.25) is 0 Å². The molecule has 1 aliphatic heterocycles. The fourth-order valence-electron chi connectivity index (χ4n) is 4.46. The third-order valence-electron chi connectivity index (χ3n) is 5.84. The molecule has 5 heteroatoms. The summed E-state index contributed by atoms with van der Waals surface area (Å²) in [5.41, 5.74) is 0.551.